The predicted molar refractivity (Wildman–Crippen MR) is 59.6 cm³/mol. The fourth-order valence-electron chi connectivity index (χ4n) is 1.38. The third-order valence-electron chi connectivity index (χ3n) is 2.31. The Kier molecular flexibility index (Phi) is 4.11. The molecule has 0 heterocycles. The smallest absolute Gasteiger partial charge is 0.416 e. The van der Waals surface area contributed by atoms with E-state index < -0.39 is 23.4 Å². The Morgan fingerprint density at radius 1 is 1.39 bits per heavy atom. The van der Waals surface area contributed by atoms with Gasteiger partial charge < -0.3 is 4.74 Å². The van der Waals surface area contributed by atoms with Crippen molar-refractivity contribution in [1.29, 1.82) is 5.41 Å². The average Bonchev–Trinajstić information content (AvgIpc) is 2.27. The Morgan fingerprint density at radius 3 is 2.50 bits per heavy atom. The second kappa shape index (κ2) is 5.20. The predicted octanol–water partition coefficient (Wildman–Crippen LogP) is 2.94. The fourth-order valence-corrected chi connectivity index (χ4v) is 1.38. The molecule has 0 saturated heterocycles. The summed E-state index contributed by atoms with van der Waals surface area (Å²) in [4.78, 5) is 11.3. The van der Waals surface area contributed by atoms with Crippen LogP contribution in [0.1, 0.15) is 23.6 Å². The number of hydrogen-bond acceptors (Lipinski definition) is 3. The molecule has 1 N–H and O–H groups in total. The highest BCUT2D eigenvalue weighted by molar-refractivity contribution is 6.42. The summed E-state index contributed by atoms with van der Waals surface area (Å²) in [5, 5.41) is 7.54. The number of aryl methyl sites for hydroxylation is 1. The van der Waals surface area contributed by atoms with Crippen LogP contribution in [-0.4, -0.2) is 18.3 Å². The fraction of sp³-hybridized carbons (Fsp3) is 0.333. The number of esters is 1. The molecule has 0 bridgehead atoms. The van der Waals surface area contributed by atoms with Gasteiger partial charge in [-0.3, -0.25) is 5.41 Å². The van der Waals surface area contributed by atoms with Crippen molar-refractivity contribution in [3.63, 3.8) is 0 Å². The van der Waals surface area contributed by atoms with E-state index in [4.69, 9.17) is 5.41 Å². The van der Waals surface area contributed by atoms with Crippen molar-refractivity contribution in [2.24, 2.45) is 0 Å². The molecule has 18 heavy (non-hydrogen) atoms. The number of hydrogen-bond donors (Lipinski definition) is 1. The number of benzene rings is 1. The number of carbonyl (C=O) groups excluding carboxylic acids is 1. The van der Waals surface area contributed by atoms with Crippen molar-refractivity contribution in [3.8, 4) is 0 Å². The minimum absolute atomic E-state index is 0.0664. The van der Waals surface area contributed by atoms with Gasteiger partial charge in [-0.05, 0) is 31.5 Å². The van der Waals surface area contributed by atoms with Crippen molar-refractivity contribution in [1.82, 2.24) is 0 Å². The molecule has 3 nitrogen and oxygen atoms in total. The first-order valence-electron chi connectivity index (χ1n) is 5.21. The first kappa shape index (κ1) is 14.2. The molecule has 0 unspecified atom stereocenters. The maximum atomic E-state index is 12.5. The van der Waals surface area contributed by atoms with E-state index >= 15 is 0 Å². The maximum Gasteiger partial charge on any atom is 0.416 e. The second-order valence-electron chi connectivity index (χ2n) is 3.62. The molecule has 0 aromatic heterocycles. The Balaban J connectivity index is 3.16. The van der Waals surface area contributed by atoms with Gasteiger partial charge in [0, 0.05) is 5.56 Å². The number of nitrogens with one attached hydrogen (secondary N) is 1. The monoisotopic (exact) mass is 259 g/mol. The molecule has 0 radical (unpaired) electrons. The zero-order valence-electron chi connectivity index (χ0n) is 9.89. The van der Waals surface area contributed by atoms with Crippen molar-refractivity contribution in [3.05, 3.63) is 34.9 Å². The first-order chi connectivity index (χ1) is 8.27. The van der Waals surface area contributed by atoms with Gasteiger partial charge in [-0.2, -0.15) is 13.2 Å². The molecule has 0 spiro atoms. The summed E-state index contributed by atoms with van der Waals surface area (Å²) >= 11 is 0. The van der Waals surface area contributed by atoms with E-state index in [1.807, 2.05) is 0 Å². The lowest BCUT2D eigenvalue weighted by Crippen LogP contribution is -2.19. The molecule has 0 aliphatic heterocycles. The van der Waals surface area contributed by atoms with Crippen LogP contribution in [0.2, 0.25) is 0 Å². The van der Waals surface area contributed by atoms with Crippen molar-refractivity contribution in [2.45, 2.75) is 20.0 Å². The normalized spacial score (nSPS) is 11.2. The minimum Gasteiger partial charge on any atom is -0.461 e. The van der Waals surface area contributed by atoms with E-state index in [1.54, 1.807) is 6.92 Å². The highest BCUT2D eigenvalue weighted by atomic mass is 19.4. The number of carbonyl (C=O) groups is 1. The van der Waals surface area contributed by atoms with Crippen LogP contribution in [0.3, 0.4) is 0 Å². The van der Waals surface area contributed by atoms with E-state index in [2.05, 4.69) is 4.74 Å². The summed E-state index contributed by atoms with van der Waals surface area (Å²) in [7, 11) is 0. The van der Waals surface area contributed by atoms with Gasteiger partial charge >= 0.3 is 12.1 Å². The molecule has 98 valence electrons. The summed E-state index contributed by atoms with van der Waals surface area (Å²) in [6, 6.07) is 2.93. The average molecular weight is 259 g/mol. The Morgan fingerprint density at radius 2 is 2.00 bits per heavy atom. The molecule has 0 aliphatic rings. The second-order valence-corrected chi connectivity index (χ2v) is 3.62. The summed E-state index contributed by atoms with van der Waals surface area (Å²) in [6.45, 7) is 3.16. The van der Waals surface area contributed by atoms with Crippen molar-refractivity contribution >= 4 is 11.7 Å². The van der Waals surface area contributed by atoms with Gasteiger partial charge in [-0.25, -0.2) is 4.79 Å². The largest absolute Gasteiger partial charge is 0.461 e. The minimum atomic E-state index is -4.50. The van der Waals surface area contributed by atoms with Gasteiger partial charge in [0.2, 0.25) is 0 Å². The lowest BCUT2D eigenvalue weighted by molar-refractivity contribution is -0.138. The topological polar surface area (TPSA) is 50.2 Å². The van der Waals surface area contributed by atoms with Crippen LogP contribution < -0.4 is 0 Å². The van der Waals surface area contributed by atoms with Crippen LogP contribution in [0.4, 0.5) is 13.2 Å². The van der Waals surface area contributed by atoms with E-state index in [9.17, 15) is 18.0 Å². The van der Waals surface area contributed by atoms with Gasteiger partial charge in [0.25, 0.3) is 0 Å². The molecular weight excluding hydrogens is 247 g/mol. The van der Waals surface area contributed by atoms with Crippen LogP contribution in [0, 0.1) is 12.3 Å². The van der Waals surface area contributed by atoms with Gasteiger partial charge in [0.1, 0.15) is 5.71 Å². The summed E-state index contributed by atoms with van der Waals surface area (Å²) in [6.07, 6.45) is -4.50. The third-order valence-corrected chi connectivity index (χ3v) is 2.31. The quantitative estimate of drug-likeness (QED) is 0.670. The molecule has 0 fully saturated rings. The van der Waals surface area contributed by atoms with E-state index in [-0.39, 0.29) is 12.2 Å². The van der Waals surface area contributed by atoms with Crippen LogP contribution in [0.15, 0.2) is 18.2 Å². The standard InChI is InChI=1S/C12H12F3NO2/c1-3-18-11(17)10(16)9-6-8(12(13,14)15)5-4-7(9)2/h4-6,16H,3H2,1-2H3. The SMILES string of the molecule is CCOC(=O)C(=N)c1cc(C(F)(F)F)ccc1C. The molecule has 0 atom stereocenters. The van der Waals surface area contributed by atoms with Gasteiger partial charge in [-0.1, -0.05) is 6.07 Å². The van der Waals surface area contributed by atoms with Crippen molar-refractivity contribution < 1.29 is 22.7 Å². The molecule has 0 saturated carbocycles. The van der Waals surface area contributed by atoms with E-state index in [0.717, 1.165) is 12.1 Å². The zero-order valence-corrected chi connectivity index (χ0v) is 9.89. The van der Waals surface area contributed by atoms with Crippen LogP contribution in [-0.2, 0) is 15.7 Å². The van der Waals surface area contributed by atoms with E-state index in [1.165, 1.54) is 13.0 Å². The molecular formula is C12H12F3NO2. The summed E-state index contributed by atoms with van der Waals surface area (Å²) in [5.74, 6) is -0.931. The van der Waals surface area contributed by atoms with E-state index in [0.29, 0.717) is 5.56 Å². The summed E-state index contributed by atoms with van der Waals surface area (Å²) in [5.41, 5.74) is -1.11. The Bertz CT molecular complexity index is 481. The van der Waals surface area contributed by atoms with Gasteiger partial charge in [0.05, 0.1) is 12.2 Å². The highest BCUT2D eigenvalue weighted by Gasteiger charge is 2.31. The van der Waals surface area contributed by atoms with Crippen LogP contribution in [0.25, 0.3) is 0 Å². The maximum absolute atomic E-state index is 12.5. The number of ether oxygens (including phenoxy) is 1. The van der Waals surface area contributed by atoms with Crippen LogP contribution >= 0.6 is 0 Å². The molecule has 1 aromatic carbocycles. The summed E-state index contributed by atoms with van der Waals surface area (Å²) < 4.78 is 42.2. The first-order valence-corrected chi connectivity index (χ1v) is 5.21. The molecule has 0 amide bonds. The van der Waals surface area contributed by atoms with Crippen LogP contribution in [0.5, 0.6) is 0 Å². The molecule has 1 rings (SSSR count). The lowest BCUT2D eigenvalue weighted by atomic mass is 10.0. The van der Waals surface area contributed by atoms with Crippen molar-refractivity contribution in [2.75, 3.05) is 6.61 Å². The zero-order chi connectivity index (χ0) is 13.9. The highest BCUT2D eigenvalue weighted by Crippen LogP contribution is 2.30. The third kappa shape index (κ3) is 3.09. The number of alkyl halides is 3. The van der Waals surface area contributed by atoms with Gasteiger partial charge in [0.15, 0.2) is 0 Å². The Hall–Kier alpha value is -1.85. The molecule has 1 aromatic rings. The Labute approximate surface area is 102 Å². The van der Waals surface area contributed by atoms with Gasteiger partial charge in [-0.15, -0.1) is 0 Å². The number of rotatable bonds is 3. The number of halogens is 3. The molecule has 0 aliphatic carbocycles. The molecule has 6 heteroatoms. The lowest BCUT2D eigenvalue weighted by Gasteiger charge is -2.11.